The minimum absolute atomic E-state index is 0.143. The molecular weight excluding hydrogens is 220 g/mol. The molecule has 0 saturated carbocycles. The molecule has 1 rings (SSSR count). The molecule has 0 aromatic heterocycles. The topological polar surface area (TPSA) is 72.6 Å². The van der Waals surface area contributed by atoms with Crippen molar-refractivity contribution < 1.29 is 14.3 Å². The van der Waals surface area contributed by atoms with Crippen molar-refractivity contribution in [1.29, 1.82) is 0 Å². The highest BCUT2D eigenvalue weighted by atomic mass is 16.5. The van der Waals surface area contributed by atoms with Crippen molar-refractivity contribution >= 4 is 12.4 Å². The van der Waals surface area contributed by atoms with Gasteiger partial charge < -0.3 is 15.4 Å². The molecule has 5 nitrogen and oxygen atoms in total. The summed E-state index contributed by atoms with van der Waals surface area (Å²) in [6.07, 6.45) is 2.95. The van der Waals surface area contributed by atoms with Crippen LogP contribution in [0.3, 0.4) is 0 Å². The number of nitrogens with two attached hydrogens (primary N) is 1. The third kappa shape index (κ3) is 4.73. The molecule has 0 radical (unpaired) electrons. The molecule has 1 aliphatic heterocycles. The zero-order valence-electron chi connectivity index (χ0n) is 10.4. The van der Waals surface area contributed by atoms with Gasteiger partial charge in [0.25, 0.3) is 6.47 Å². The Morgan fingerprint density at radius 2 is 2.24 bits per heavy atom. The lowest BCUT2D eigenvalue weighted by atomic mass is 9.97. The normalized spacial score (nSPS) is 24.5. The highest BCUT2D eigenvalue weighted by molar-refractivity contribution is 5.76. The van der Waals surface area contributed by atoms with Crippen LogP contribution in [0.5, 0.6) is 0 Å². The van der Waals surface area contributed by atoms with Gasteiger partial charge in [-0.15, -0.1) is 0 Å². The molecule has 1 amide bonds. The number of ether oxygens (including phenoxy) is 1. The molecule has 0 aromatic carbocycles. The number of unbranched alkanes of at least 4 members (excludes halogenated alkanes) is 1. The Kier molecular flexibility index (Phi) is 5.97. The molecule has 17 heavy (non-hydrogen) atoms. The average molecular weight is 242 g/mol. The third-order valence-electron chi connectivity index (χ3n) is 3.07. The van der Waals surface area contributed by atoms with Crippen molar-refractivity contribution in [3.63, 3.8) is 0 Å². The van der Waals surface area contributed by atoms with Gasteiger partial charge in [0.2, 0.25) is 5.91 Å². The zero-order valence-corrected chi connectivity index (χ0v) is 10.4. The molecule has 1 saturated heterocycles. The van der Waals surface area contributed by atoms with E-state index < -0.39 is 0 Å². The van der Waals surface area contributed by atoms with Crippen molar-refractivity contribution in [3.05, 3.63) is 0 Å². The minimum Gasteiger partial charge on any atom is -0.463 e. The Labute approximate surface area is 102 Å². The molecule has 0 bridgehead atoms. The summed E-state index contributed by atoms with van der Waals surface area (Å²) >= 11 is 0. The van der Waals surface area contributed by atoms with Crippen LogP contribution in [-0.4, -0.2) is 43.0 Å². The summed E-state index contributed by atoms with van der Waals surface area (Å²) in [5.74, 6) is 0.525. The lowest BCUT2D eigenvalue weighted by Crippen LogP contribution is -2.46. The highest BCUT2D eigenvalue weighted by Gasteiger charge is 2.28. The summed E-state index contributed by atoms with van der Waals surface area (Å²) in [4.78, 5) is 24.0. The zero-order chi connectivity index (χ0) is 12.7. The number of likely N-dealkylation sites (tertiary alicyclic amines) is 1. The molecule has 0 aliphatic carbocycles. The fourth-order valence-corrected chi connectivity index (χ4v) is 2.25. The highest BCUT2D eigenvalue weighted by Crippen LogP contribution is 2.19. The molecule has 5 heteroatoms. The number of carbonyl (C=O) groups is 2. The van der Waals surface area contributed by atoms with Gasteiger partial charge in [0.15, 0.2) is 0 Å². The molecule has 2 atom stereocenters. The molecule has 0 spiro atoms. The van der Waals surface area contributed by atoms with Gasteiger partial charge >= 0.3 is 0 Å². The fraction of sp³-hybridized carbons (Fsp3) is 0.833. The van der Waals surface area contributed by atoms with E-state index in [1.165, 1.54) is 0 Å². The van der Waals surface area contributed by atoms with Crippen LogP contribution in [-0.2, 0) is 14.3 Å². The number of rotatable bonds is 6. The van der Waals surface area contributed by atoms with Crippen molar-refractivity contribution in [2.24, 2.45) is 11.7 Å². The Balaban J connectivity index is 2.40. The number of amides is 1. The summed E-state index contributed by atoms with van der Waals surface area (Å²) in [5.41, 5.74) is 5.39. The summed E-state index contributed by atoms with van der Waals surface area (Å²) in [7, 11) is 0. The van der Waals surface area contributed by atoms with Gasteiger partial charge in [0, 0.05) is 13.0 Å². The van der Waals surface area contributed by atoms with Gasteiger partial charge in [0.05, 0.1) is 6.54 Å². The van der Waals surface area contributed by atoms with Gasteiger partial charge in [0.1, 0.15) is 6.10 Å². The quantitative estimate of drug-likeness (QED) is 0.544. The van der Waals surface area contributed by atoms with Crippen molar-refractivity contribution in [2.45, 2.75) is 38.7 Å². The molecule has 1 aliphatic rings. The number of hydrogen-bond donors (Lipinski definition) is 1. The molecule has 98 valence electrons. The van der Waals surface area contributed by atoms with Crippen LogP contribution in [0.1, 0.15) is 32.6 Å². The molecule has 2 unspecified atom stereocenters. The molecule has 1 heterocycles. The second kappa shape index (κ2) is 7.27. The van der Waals surface area contributed by atoms with Crippen LogP contribution in [0.2, 0.25) is 0 Å². The van der Waals surface area contributed by atoms with Gasteiger partial charge in [-0.1, -0.05) is 6.92 Å². The first kappa shape index (κ1) is 14.0. The third-order valence-corrected chi connectivity index (χ3v) is 3.07. The predicted octanol–water partition coefficient (Wildman–Crippen LogP) is 0.525. The first-order valence-electron chi connectivity index (χ1n) is 6.24. The second-order valence-corrected chi connectivity index (χ2v) is 4.74. The molecule has 2 N–H and O–H groups in total. The van der Waals surface area contributed by atoms with Crippen LogP contribution >= 0.6 is 0 Å². The monoisotopic (exact) mass is 242 g/mol. The molecule has 1 fully saturated rings. The Bertz CT molecular complexity index is 258. The van der Waals surface area contributed by atoms with E-state index >= 15 is 0 Å². The fourth-order valence-electron chi connectivity index (χ4n) is 2.25. The van der Waals surface area contributed by atoms with Crippen LogP contribution < -0.4 is 5.73 Å². The summed E-state index contributed by atoms with van der Waals surface area (Å²) in [6, 6.07) is 0. The minimum atomic E-state index is -0.144. The van der Waals surface area contributed by atoms with Gasteiger partial charge in [-0.05, 0) is 31.7 Å². The van der Waals surface area contributed by atoms with E-state index in [1.807, 2.05) is 0 Å². The average Bonchev–Trinajstić information content (AvgIpc) is 2.29. The van der Waals surface area contributed by atoms with E-state index in [2.05, 4.69) is 6.92 Å². The second-order valence-electron chi connectivity index (χ2n) is 4.74. The largest absolute Gasteiger partial charge is 0.463 e. The number of hydrogen-bond acceptors (Lipinski definition) is 4. The van der Waals surface area contributed by atoms with Crippen molar-refractivity contribution in [3.8, 4) is 0 Å². The Hall–Kier alpha value is -1.10. The number of carbonyl (C=O) groups excluding carboxylic acids is 2. The van der Waals surface area contributed by atoms with E-state index in [4.69, 9.17) is 10.5 Å². The van der Waals surface area contributed by atoms with Crippen molar-refractivity contribution in [1.82, 2.24) is 4.90 Å². The van der Waals surface area contributed by atoms with E-state index in [1.54, 1.807) is 4.90 Å². The number of nitrogens with zero attached hydrogens (tertiary/aromatic N) is 1. The molecular formula is C12H22N2O3. The summed E-state index contributed by atoms with van der Waals surface area (Å²) < 4.78 is 4.96. The van der Waals surface area contributed by atoms with Crippen LogP contribution in [0.15, 0.2) is 0 Å². The first-order valence-corrected chi connectivity index (χ1v) is 6.24. The Morgan fingerprint density at radius 1 is 1.47 bits per heavy atom. The lowest BCUT2D eigenvalue weighted by Gasteiger charge is -2.35. The SMILES string of the molecule is CC1CC(OC=O)CN(C(=O)CCCCN)C1. The standard InChI is InChI=1S/C12H22N2O3/c1-10-6-11(17-9-15)8-14(7-10)12(16)4-2-3-5-13/h9-11H,2-8,13H2,1H3. The van der Waals surface area contributed by atoms with Gasteiger partial charge in [-0.2, -0.15) is 0 Å². The van der Waals surface area contributed by atoms with Crippen molar-refractivity contribution in [2.75, 3.05) is 19.6 Å². The van der Waals surface area contributed by atoms with Crippen LogP contribution in [0.4, 0.5) is 0 Å². The summed E-state index contributed by atoms with van der Waals surface area (Å²) in [5, 5.41) is 0. The maximum absolute atomic E-state index is 11.9. The van der Waals surface area contributed by atoms with Crippen LogP contribution in [0.25, 0.3) is 0 Å². The summed E-state index contributed by atoms with van der Waals surface area (Å²) in [6.45, 7) is 4.46. The van der Waals surface area contributed by atoms with Gasteiger partial charge in [-0.3, -0.25) is 9.59 Å². The maximum Gasteiger partial charge on any atom is 0.293 e. The first-order chi connectivity index (χ1) is 8.17. The van der Waals surface area contributed by atoms with E-state index in [0.29, 0.717) is 31.9 Å². The molecule has 0 aromatic rings. The predicted molar refractivity (Wildman–Crippen MR) is 64.2 cm³/mol. The van der Waals surface area contributed by atoms with E-state index in [-0.39, 0.29) is 12.0 Å². The van der Waals surface area contributed by atoms with Crippen LogP contribution in [0, 0.1) is 5.92 Å². The number of piperidine rings is 1. The van der Waals surface area contributed by atoms with E-state index in [9.17, 15) is 9.59 Å². The van der Waals surface area contributed by atoms with Gasteiger partial charge in [-0.25, -0.2) is 0 Å². The van der Waals surface area contributed by atoms with E-state index in [0.717, 1.165) is 25.8 Å². The Morgan fingerprint density at radius 3 is 2.88 bits per heavy atom. The lowest BCUT2D eigenvalue weighted by molar-refractivity contribution is -0.144. The smallest absolute Gasteiger partial charge is 0.293 e. The maximum atomic E-state index is 11.9.